The molecule has 0 spiro atoms. The molecule has 29 heavy (non-hydrogen) atoms. The highest BCUT2D eigenvalue weighted by Crippen LogP contribution is 2.20. The van der Waals surface area contributed by atoms with Gasteiger partial charge in [0.15, 0.2) is 0 Å². The van der Waals surface area contributed by atoms with Crippen LogP contribution in [0.5, 0.6) is 5.75 Å². The molecule has 1 aliphatic rings. The van der Waals surface area contributed by atoms with Gasteiger partial charge in [-0.3, -0.25) is 14.2 Å². The minimum Gasteiger partial charge on any atom is -0.497 e. The van der Waals surface area contributed by atoms with Gasteiger partial charge >= 0.3 is 0 Å². The molecule has 2 aromatic carbocycles. The van der Waals surface area contributed by atoms with Gasteiger partial charge in [0.2, 0.25) is 5.91 Å². The Kier molecular flexibility index (Phi) is 5.16. The number of anilines is 1. The maximum absolute atomic E-state index is 13.3. The van der Waals surface area contributed by atoms with Crippen LogP contribution in [0.15, 0.2) is 53.6 Å². The Morgan fingerprint density at radius 3 is 2.52 bits per heavy atom. The van der Waals surface area contributed by atoms with Gasteiger partial charge in [-0.25, -0.2) is 9.37 Å². The summed E-state index contributed by atoms with van der Waals surface area (Å²) in [4.78, 5) is 33.3. The van der Waals surface area contributed by atoms with Crippen molar-refractivity contribution in [2.24, 2.45) is 0 Å². The molecule has 1 amide bonds. The van der Waals surface area contributed by atoms with Crippen LogP contribution < -0.4 is 15.2 Å². The molecular weight excluding hydrogens is 375 g/mol. The highest BCUT2D eigenvalue weighted by Gasteiger charge is 2.22. The number of carbonyl (C=O) groups excluding carboxylic acids is 1. The highest BCUT2D eigenvalue weighted by atomic mass is 19.1. The molecule has 1 fully saturated rings. The zero-order chi connectivity index (χ0) is 20.4. The lowest BCUT2D eigenvalue weighted by molar-refractivity contribution is -0.132. The predicted octanol–water partition coefficient (Wildman–Crippen LogP) is 1.89. The molecule has 0 N–H and O–H groups in total. The molecule has 0 bridgehead atoms. The fraction of sp³-hybridized carbons (Fsp3) is 0.286. The lowest BCUT2D eigenvalue weighted by atomic mass is 10.2. The summed E-state index contributed by atoms with van der Waals surface area (Å²) in [6.07, 6.45) is 1.30. The second-order valence-corrected chi connectivity index (χ2v) is 6.90. The van der Waals surface area contributed by atoms with Crippen molar-refractivity contribution < 1.29 is 13.9 Å². The van der Waals surface area contributed by atoms with Crippen LogP contribution in [0.3, 0.4) is 0 Å². The first kappa shape index (κ1) is 18.9. The second kappa shape index (κ2) is 7.90. The van der Waals surface area contributed by atoms with Crippen molar-refractivity contribution in [2.75, 3.05) is 38.2 Å². The maximum atomic E-state index is 13.3. The molecule has 1 aliphatic heterocycles. The number of benzene rings is 2. The molecule has 4 rings (SSSR count). The van der Waals surface area contributed by atoms with Gasteiger partial charge in [-0.15, -0.1) is 0 Å². The Labute approximate surface area is 166 Å². The maximum Gasteiger partial charge on any atom is 0.261 e. The van der Waals surface area contributed by atoms with Crippen molar-refractivity contribution in [3.05, 3.63) is 65.0 Å². The summed E-state index contributed by atoms with van der Waals surface area (Å²) in [5.41, 5.74) is 1.02. The smallest absolute Gasteiger partial charge is 0.261 e. The van der Waals surface area contributed by atoms with Gasteiger partial charge < -0.3 is 14.5 Å². The number of fused-ring (bicyclic) bond motifs is 1. The standard InChI is InChI=1S/C21H21FN4O3/c1-29-17-5-3-16(4-6-17)24-8-10-25(11-9-24)20(27)13-26-14-23-19-12-15(22)2-7-18(19)21(26)28/h2-7,12,14H,8-11,13H2,1H3. The normalized spacial score (nSPS) is 14.3. The number of ether oxygens (including phenoxy) is 1. The molecular formula is C21H21FN4O3. The number of piperazine rings is 1. The van der Waals surface area contributed by atoms with Gasteiger partial charge in [0.25, 0.3) is 5.56 Å². The van der Waals surface area contributed by atoms with Crippen LogP contribution in [0.2, 0.25) is 0 Å². The second-order valence-electron chi connectivity index (χ2n) is 6.90. The third-order valence-corrected chi connectivity index (χ3v) is 5.16. The highest BCUT2D eigenvalue weighted by molar-refractivity contribution is 5.79. The van der Waals surface area contributed by atoms with Crippen LogP contribution in [0.4, 0.5) is 10.1 Å². The van der Waals surface area contributed by atoms with Crippen molar-refractivity contribution in [3.63, 3.8) is 0 Å². The van der Waals surface area contributed by atoms with E-state index in [0.717, 1.165) is 11.4 Å². The molecule has 1 saturated heterocycles. The lowest BCUT2D eigenvalue weighted by Gasteiger charge is -2.36. The number of nitrogens with zero attached hydrogens (tertiary/aromatic N) is 4. The molecule has 0 aliphatic carbocycles. The quantitative estimate of drug-likeness (QED) is 0.674. The zero-order valence-corrected chi connectivity index (χ0v) is 16.0. The summed E-state index contributed by atoms with van der Waals surface area (Å²) in [5, 5.41) is 0.297. The lowest BCUT2D eigenvalue weighted by Crippen LogP contribution is -2.50. The van der Waals surface area contributed by atoms with Gasteiger partial charge in [0.05, 0.1) is 24.3 Å². The van der Waals surface area contributed by atoms with Crippen molar-refractivity contribution in [1.82, 2.24) is 14.5 Å². The number of hydrogen-bond acceptors (Lipinski definition) is 5. The first-order valence-corrected chi connectivity index (χ1v) is 9.36. The number of aromatic nitrogens is 2. The Hall–Kier alpha value is -3.42. The van der Waals surface area contributed by atoms with Crippen molar-refractivity contribution in [2.45, 2.75) is 6.54 Å². The monoisotopic (exact) mass is 396 g/mol. The van der Waals surface area contributed by atoms with E-state index < -0.39 is 5.82 Å². The van der Waals surface area contributed by atoms with Crippen LogP contribution in [-0.2, 0) is 11.3 Å². The van der Waals surface area contributed by atoms with Crippen LogP contribution in [0.1, 0.15) is 0 Å². The Balaban J connectivity index is 1.41. The van der Waals surface area contributed by atoms with E-state index in [1.54, 1.807) is 12.0 Å². The third-order valence-electron chi connectivity index (χ3n) is 5.16. The van der Waals surface area contributed by atoms with E-state index in [1.165, 1.54) is 29.1 Å². The molecule has 1 aromatic heterocycles. The first-order valence-electron chi connectivity index (χ1n) is 9.36. The van der Waals surface area contributed by atoms with E-state index in [9.17, 15) is 14.0 Å². The minimum atomic E-state index is -0.451. The third kappa shape index (κ3) is 3.91. The van der Waals surface area contributed by atoms with E-state index in [0.29, 0.717) is 31.6 Å². The van der Waals surface area contributed by atoms with Crippen molar-refractivity contribution in [1.29, 1.82) is 0 Å². The molecule has 2 heterocycles. The number of amides is 1. The molecule has 0 unspecified atom stereocenters. The van der Waals surface area contributed by atoms with Crippen LogP contribution in [-0.4, -0.2) is 53.6 Å². The Bertz CT molecular complexity index is 1090. The van der Waals surface area contributed by atoms with E-state index >= 15 is 0 Å². The van der Waals surface area contributed by atoms with Crippen LogP contribution in [0.25, 0.3) is 10.9 Å². The summed E-state index contributed by atoms with van der Waals surface area (Å²) in [7, 11) is 1.63. The van der Waals surface area contributed by atoms with E-state index in [4.69, 9.17) is 4.74 Å². The largest absolute Gasteiger partial charge is 0.497 e. The number of methoxy groups -OCH3 is 1. The number of hydrogen-bond donors (Lipinski definition) is 0. The topological polar surface area (TPSA) is 67.7 Å². The Morgan fingerprint density at radius 1 is 1.10 bits per heavy atom. The van der Waals surface area contributed by atoms with Crippen LogP contribution in [0, 0.1) is 5.82 Å². The SMILES string of the molecule is COc1ccc(N2CCN(C(=O)Cn3cnc4cc(F)ccc4c3=O)CC2)cc1. The molecule has 0 radical (unpaired) electrons. The molecule has 0 atom stereocenters. The average Bonchev–Trinajstić information content (AvgIpc) is 2.76. The van der Waals surface area contributed by atoms with E-state index in [1.807, 2.05) is 24.3 Å². The summed E-state index contributed by atoms with van der Waals surface area (Å²) in [6.45, 7) is 2.49. The minimum absolute atomic E-state index is 0.0817. The van der Waals surface area contributed by atoms with Crippen molar-refractivity contribution in [3.8, 4) is 5.75 Å². The Morgan fingerprint density at radius 2 is 1.83 bits per heavy atom. The summed E-state index contributed by atoms with van der Waals surface area (Å²) >= 11 is 0. The molecule has 3 aromatic rings. The summed E-state index contributed by atoms with van der Waals surface area (Å²) < 4.78 is 19.8. The van der Waals surface area contributed by atoms with E-state index in [2.05, 4.69) is 9.88 Å². The summed E-state index contributed by atoms with van der Waals surface area (Å²) in [5.74, 6) is 0.220. The zero-order valence-electron chi connectivity index (χ0n) is 16.0. The van der Waals surface area contributed by atoms with Gasteiger partial charge in [-0.1, -0.05) is 0 Å². The van der Waals surface area contributed by atoms with Crippen molar-refractivity contribution >= 4 is 22.5 Å². The molecule has 150 valence electrons. The van der Waals surface area contributed by atoms with Gasteiger partial charge in [-0.05, 0) is 36.4 Å². The van der Waals surface area contributed by atoms with Gasteiger partial charge in [-0.2, -0.15) is 0 Å². The first-order chi connectivity index (χ1) is 14.0. The predicted molar refractivity (Wildman–Crippen MR) is 108 cm³/mol. The van der Waals surface area contributed by atoms with E-state index in [-0.39, 0.29) is 23.5 Å². The fourth-order valence-corrected chi connectivity index (χ4v) is 3.50. The number of carbonyl (C=O) groups is 1. The average molecular weight is 396 g/mol. The molecule has 0 saturated carbocycles. The van der Waals surface area contributed by atoms with Gasteiger partial charge in [0, 0.05) is 37.9 Å². The molecule has 8 heteroatoms. The number of halogens is 1. The van der Waals surface area contributed by atoms with Gasteiger partial charge in [0.1, 0.15) is 18.1 Å². The van der Waals surface area contributed by atoms with Crippen LogP contribution >= 0.6 is 0 Å². The number of rotatable bonds is 4. The molecule has 7 nitrogen and oxygen atoms in total. The fourth-order valence-electron chi connectivity index (χ4n) is 3.50. The summed E-state index contributed by atoms with van der Waals surface area (Å²) in [6, 6.07) is 11.7.